The molecule has 1 rings (SSSR count). The molecule has 5 nitrogen and oxygen atoms in total. The standard InChI is InChI=1S/C16H33N3O2.HI/c1-4-17-16(18-10-5-11-21-12-13(2)3)19-14-6-8-15(20)9-7-14;/h13-15,20H,4-12H2,1-3H3,(H2,17,18,19);1H. The highest BCUT2D eigenvalue weighted by Crippen LogP contribution is 2.18. The fraction of sp³-hybridized carbons (Fsp3) is 0.938. The average Bonchev–Trinajstić information content (AvgIpc) is 2.45. The number of aliphatic hydroxyl groups excluding tert-OH is 1. The molecule has 0 aromatic rings. The Morgan fingerprint density at radius 1 is 1.27 bits per heavy atom. The Bertz CT molecular complexity index is 293. The van der Waals surface area contributed by atoms with Crippen molar-refractivity contribution in [1.82, 2.24) is 10.6 Å². The van der Waals surface area contributed by atoms with Crippen molar-refractivity contribution in [3.63, 3.8) is 0 Å². The van der Waals surface area contributed by atoms with Crippen molar-refractivity contribution in [2.24, 2.45) is 10.9 Å². The minimum Gasteiger partial charge on any atom is -0.393 e. The molecule has 0 saturated heterocycles. The zero-order valence-corrected chi connectivity index (χ0v) is 16.6. The third kappa shape index (κ3) is 10.6. The maximum atomic E-state index is 9.54. The second kappa shape index (κ2) is 13.4. The second-order valence-electron chi connectivity index (χ2n) is 6.23. The molecule has 3 N–H and O–H groups in total. The number of rotatable bonds is 8. The van der Waals surface area contributed by atoms with Crippen molar-refractivity contribution in [3.8, 4) is 0 Å². The lowest BCUT2D eigenvalue weighted by Gasteiger charge is -2.27. The fourth-order valence-corrected chi connectivity index (χ4v) is 2.41. The quantitative estimate of drug-likeness (QED) is 0.241. The van der Waals surface area contributed by atoms with Crippen LogP contribution < -0.4 is 10.6 Å². The van der Waals surface area contributed by atoms with Crippen molar-refractivity contribution in [2.75, 3.05) is 26.3 Å². The first-order valence-electron chi connectivity index (χ1n) is 8.42. The Balaban J connectivity index is 0.00000441. The molecule has 1 fully saturated rings. The molecule has 1 aliphatic rings. The summed E-state index contributed by atoms with van der Waals surface area (Å²) in [5.41, 5.74) is 0. The summed E-state index contributed by atoms with van der Waals surface area (Å²) in [5, 5.41) is 16.3. The van der Waals surface area contributed by atoms with E-state index in [0.717, 1.165) is 64.4 Å². The van der Waals surface area contributed by atoms with E-state index in [9.17, 15) is 5.11 Å². The van der Waals surface area contributed by atoms with E-state index in [1.807, 2.05) is 0 Å². The minimum atomic E-state index is -0.110. The molecule has 0 spiro atoms. The first-order valence-corrected chi connectivity index (χ1v) is 8.42. The smallest absolute Gasteiger partial charge is 0.191 e. The van der Waals surface area contributed by atoms with Crippen LogP contribution in [0.25, 0.3) is 0 Å². The van der Waals surface area contributed by atoms with Crippen LogP contribution in [0.3, 0.4) is 0 Å². The number of halogens is 1. The van der Waals surface area contributed by atoms with Crippen molar-refractivity contribution < 1.29 is 9.84 Å². The van der Waals surface area contributed by atoms with Crippen LogP contribution in [0.1, 0.15) is 52.9 Å². The molecular formula is C16H34IN3O2. The van der Waals surface area contributed by atoms with Crippen LogP contribution in [0.5, 0.6) is 0 Å². The Kier molecular flexibility index (Phi) is 13.3. The Labute approximate surface area is 152 Å². The molecule has 0 aliphatic heterocycles. The monoisotopic (exact) mass is 427 g/mol. The average molecular weight is 427 g/mol. The number of nitrogens with zero attached hydrogens (tertiary/aromatic N) is 1. The molecule has 22 heavy (non-hydrogen) atoms. The van der Waals surface area contributed by atoms with Gasteiger partial charge in [-0.05, 0) is 44.9 Å². The molecule has 1 saturated carbocycles. The molecule has 1 aliphatic carbocycles. The summed E-state index contributed by atoms with van der Waals surface area (Å²) in [7, 11) is 0. The van der Waals surface area contributed by atoms with Gasteiger partial charge in [0.05, 0.1) is 6.10 Å². The predicted molar refractivity (Wildman–Crippen MR) is 103 cm³/mol. The summed E-state index contributed by atoms with van der Waals surface area (Å²) >= 11 is 0. The molecule has 132 valence electrons. The third-order valence-electron chi connectivity index (χ3n) is 3.55. The van der Waals surface area contributed by atoms with Gasteiger partial charge < -0.3 is 20.5 Å². The van der Waals surface area contributed by atoms with Crippen LogP contribution in [0, 0.1) is 5.92 Å². The highest BCUT2D eigenvalue weighted by molar-refractivity contribution is 14.0. The summed E-state index contributed by atoms with van der Waals surface area (Å²) in [6.45, 7) is 9.64. The van der Waals surface area contributed by atoms with Gasteiger partial charge in [-0.3, -0.25) is 4.99 Å². The van der Waals surface area contributed by atoms with Crippen LogP contribution in [0.2, 0.25) is 0 Å². The van der Waals surface area contributed by atoms with Gasteiger partial charge in [0.2, 0.25) is 0 Å². The summed E-state index contributed by atoms with van der Waals surface area (Å²) in [5.74, 6) is 1.48. The zero-order chi connectivity index (χ0) is 15.5. The van der Waals surface area contributed by atoms with Gasteiger partial charge in [0.1, 0.15) is 0 Å². The van der Waals surface area contributed by atoms with Crippen LogP contribution in [-0.4, -0.2) is 49.5 Å². The number of aliphatic imine (C=N–C) groups is 1. The van der Waals surface area contributed by atoms with Crippen molar-refractivity contribution >= 4 is 29.9 Å². The molecule has 6 heteroatoms. The molecule has 0 bridgehead atoms. The van der Waals surface area contributed by atoms with Gasteiger partial charge >= 0.3 is 0 Å². The van der Waals surface area contributed by atoms with Crippen molar-refractivity contribution in [2.45, 2.75) is 65.0 Å². The van der Waals surface area contributed by atoms with E-state index < -0.39 is 0 Å². The molecule has 0 radical (unpaired) electrons. The summed E-state index contributed by atoms with van der Waals surface area (Å²) in [6, 6.07) is 0.434. The largest absolute Gasteiger partial charge is 0.393 e. The van der Waals surface area contributed by atoms with E-state index in [1.54, 1.807) is 0 Å². The van der Waals surface area contributed by atoms with Crippen LogP contribution in [0.15, 0.2) is 4.99 Å². The van der Waals surface area contributed by atoms with E-state index >= 15 is 0 Å². The zero-order valence-electron chi connectivity index (χ0n) is 14.3. The fourth-order valence-electron chi connectivity index (χ4n) is 2.41. The van der Waals surface area contributed by atoms with E-state index in [4.69, 9.17) is 4.74 Å². The molecule has 0 aromatic heterocycles. The van der Waals surface area contributed by atoms with Gasteiger partial charge in [-0.25, -0.2) is 0 Å². The van der Waals surface area contributed by atoms with E-state index in [0.29, 0.717) is 12.0 Å². The molecule has 0 heterocycles. The lowest BCUT2D eigenvalue weighted by Crippen LogP contribution is -2.45. The number of guanidine groups is 1. The lowest BCUT2D eigenvalue weighted by atomic mass is 9.93. The van der Waals surface area contributed by atoms with Gasteiger partial charge in [-0.1, -0.05) is 13.8 Å². The lowest BCUT2D eigenvalue weighted by molar-refractivity contribution is 0.109. The van der Waals surface area contributed by atoms with E-state index in [2.05, 4.69) is 36.4 Å². The topological polar surface area (TPSA) is 65.9 Å². The van der Waals surface area contributed by atoms with Crippen molar-refractivity contribution in [3.05, 3.63) is 0 Å². The van der Waals surface area contributed by atoms with Gasteiger partial charge in [0, 0.05) is 32.3 Å². The van der Waals surface area contributed by atoms with E-state index in [-0.39, 0.29) is 30.1 Å². The number of hydrogen-bond donors (Lipinski definition) is 3. The van der Waals surface area contributed by atoms with Gasteiger partial charge in [0.25, 0.3) is 0 Å². The van der Waals surface area contributed by atoms with Gasteiger partial charge in [0.15, 0.2) is 5.96 Å². The number of ether oxygens (including phenoxy) is 1. The summed E-state index contributed by atoms with van der Waals surface area (Å²) < 4.78 is 5.56. The maximum absolute atomic E-state index is 9.54. The predicted octanol–water partition coefficient (Wildman–Crippen LogP) is 2.53. The van der Waals surface area contributed by atoms with Crippen LogP contribution in [-0.2, 0) is 4.74 Å². The third-order valence-corrected chi connectivity index (χ3v) is 3.55. The SMILES string of the molecule is CCNC(=NCCCOCC(C)C)NC1CCC(O)CC1.I. The molecule has 0 amide bonds. The first-order chi connectivity index (χ1) is 10.1. The van der Waals surface area contributed by atoms with Crippen molar-refractivity contribution in [1.29, 1.82) is 0 Å². The Morgan fingerprint density at radius 3 is 2.55 bits per heavy atom. The second-order valence-corrected chi connectivity index (χ2v) is 6.23. The molecular weight excluding hydrogens is 393 g/mol. The normalized spacial score (nSPS) is 22.3. The number of aliphatic hydroxyl groups is 1. The maximum Gasteiger partial charge on any atom is 0.191 e. The molecule has 0 unspecified atom stereocenters. The highest BCUT2D eigenvalue weighted by atomic mass is 127. The summed E-state index contributed by atoms with van der Waals surface area (Å²) in [4.78, 5) is 4.60. The summed E-state index contributed by atoms with van der Waals surface area (Å²) in [6.07, 6.45) is 4.65. The number of nitrogens with one attached hydrogen (secondary N) is 2. The Hall–Kier alpha value is -0.0800. The molecule has 0 aromatic carbocycles. The van der Waals surface area contributed by atoms with Gasteiger partial charge in [-0.15, -0.1) is 24.0 Å². The molecule has 0 atom stereocenters. The minimum absolute atomic E-state index is 0. The first kappa shape index (κ1) is 21.9. The Morgan fingerprint density at radius 2 is 1.95 bits per heavy atom. The van der Waals surface area contributed by atoms with E-state index in [1.165, 1.54) is 0 Å². The highest BCUT2D eigenvalue weighted by Gasteiger charge is 2.19. The number of hydrogen-bond acceptors (Lipinski definition) is 3. The van der Waals surface area contributed by atoms with Crippen LogP contribution >= 0.6 is 24.0 Å². The van der Waals surface area contributed by atoms with Gasteiger partial charge in [-0.2, -0.15) is 0 Å². The van der Waals surface area contributed by atoms with Crippen LogP contribution in [0.4, 0.5) is 0 Å².